The molecule has 3 N–H and O–H groups in total. The minimum atomic E-state index is -0.617. The number of nitrogens with one attached hydrogen (secondary N) is 1. The van der Waals surface area contributed by atoms with Gasteiger partial charge < -0.3 is 11.2 Å². The van der Waals surface area contributed by atoms with Crippen LogP contribution >= 0.6 is 0 Å². The fourth-order valence-corrected chi connectivity index (χ4v) is 2.31. The highest BCUT2D eigenvalue weighted by atomic mass is 16.2. The Morgan fingerprint density at radius 2 is 2.11 bits per heavy atom. The first kappa shape index (κ1) is 12.7. The standard InChI is InChI=1S/C11H19N5O2/c1-8-14-16(11(18)15(8)12)10(17)13-7-9-5-3-2-4-6-9/h9H,2-7,12H2,1H3,(H,13,17). The van der Waals surface area contributed by atoms with Crippen LogP contribution in [0.5, 0.6) is 0 Å². The number of amides is 1. The Labute approximate surface area is 105 Å². The number of aromatic nitrogens is 3. The summed E-state index contributed by atoms with van der Waals surface area (Å²) in [6.07, 6.45) is 5.99. The van der Waals surface area contributed by atoms with E-state index in [1.807, 2.05) is 0 Å². The Bertz CT molecular complexity index is 484. The lowest BCUT2D eigenvalue weighted by Crippen LogP contribution is -2.41. The first-order valence-electron chi connectivity index (χ1n) is 6.31. The van der Waals surface area contributed by atoms with Crippen molar-refractivity contribution in [3.8, 4) is 0 Å². The van der Waals surface area contributed by atoms with Crippen molar-refractivity contribution in [2.75, 3.05) is 12.4 Å². The van der Waals surface area contributed by atoms with Gasteiger partial charge in [0, 0.05) is 6.54 Å². The van der Waals surface area contributed by atoms with Gasteiger partial charge in [0.1, 0.15) is 0 Å². The van der Waals surface area contributed by atoms with Crippen LogP contribution in [0.2, 0.25) is 0 Å². The molecule has 0 aliphatic heterocycles. The molecule has 0 atom stereocenters. The zero-order chi connectivity index (χ0) is 13.1. The summed E-state index contributed by atoms with van der Waals surface area (Å²) in [5.74, 6) is 6.25. The Morgan fingerprint density at radius 1 is 1.44 bits per heavy atom. The van der Waals surface area contributed by atoms with E-state index in [-0.39, 0.29) is 0 Å². The monoisotopic (exact) mass is 253 g/mol. The number of hydrogen-bond acceptors (Lipinski definition) is 4. The van der Waals surface area contributed by atoms with Crippen molar-refractivity contribution in [2.45, 2.75) is 39.0 Å². The molecular formula is C11H19N5O2. The number of hydrogen-bond donors (Lipinski definition) is 2. The van der Waals surface area contributed by atoms with Crippen molar-refractivity contribution in [2.24, 2.45) is 5.92 Å². The molecule has 0 bridgehead atoms. The smallest absolute Gasteiger partial charge is 0.336 e. The Hall–Kier alpha value is -1.79. The summed E-state index contributed by atoms with van der Waals surface area (Å²) < 4.78 is 1.64. The van der Waals surface area contributed by atoms with Crippen LogP contribution in [0.4, 0.5) is 4.79 Å². The number of carbonyl (C=O) groups is 1. The third-order valence-electron chi connectivity index (χ3n) is 3.44. The van der Waals surface area contributed by atoms with E-state index in [0.717, 1.165) is 22.2 Å². The fraction of sp³-hybridized carbons (Fsp3) is 0.727. The van der Waals surface area contributed by atoms with E-state index >= 15 is 0 Å². The molecule has 1 aliphatic carbocycles. The maximum atomic E-state index is 11.8. The van der Waals surface area contributed by atoms with E-state index in [2.05, 4.69) is 10.4 Å². The number of carbonyl (C=O) groups excluding carboxylic acids is 1. The molecular weight excluding hydrogens is 234 g/mol. The van der Waals surface area contributed by atoms with Crippen LogP contribution in [-0.4, -0.2) is 27.0 Å². The average molecular weight is 253 g/mol. The number of nitrogen functional groups attached to an aromatic ring is 1. The van der Waals surface area contributed by atoms with Crippen LogP contribution in [0.25, 0.3) is 0 Å². The van der Waals surface area contributed by atoms with E-state index in [0.29, 0.717) is 18.3 Å². The van der Waals surface area contributed by atoms with Gasteiger partial charge in [-0.05, 0) is 25.7 Å². The highest BCUT2D eigenvalue weighted by molar-refractivity contribution is 5.75. The minimum absolute atomic E-state index is 0.313. The quantitative estimate of drug-likeness (QED) is 0.736. The molecule has 2 rings (SSSR count). The molecule has 1 fully saturated rings. The second-order valence-electron chi connectivity index (χ2n) is 4.80. The van der Waals surface area contributed by atoms with Gasteiger partial charge >= 0.3 is 11.7 Å². The summed E-state index contributed by atoms with van der Waals surface area (Å²) in [7, 11) is 0. The van der Waals surface area contributed by atoms with Gasteiger partial charge in [0.2, 0.25) is 0 Å². The van der Waals surface area contributed by atoms with Crippen molar-refractivity contribution in [3.05, 3.63) is 16.3 Å². The lowest BCUT2D eigenvalue weighted by atomic mass is 9.89. The van der Waals surface area contributed by atoms with E-state index in [1.54, 1.807) is 6.92 Å². The van der Waals surface area contributed by atoms with Crippen molar-refractivity contribution in [1.29, 1.82) is 0 Å². The molecule has 0 unspecified atom stereocenters. The maximum absolute atomic E-state index is 11.8. The predicted octanol–water partition coefficient (Wildman–Crippen LogP) is 0.205. The molecule has 0 saturated heterocycles. The van der Waals surface area contributed by atoms with E-state index in [9.17, 15) is 9.59 Å². The summed E-state index contributed by atoms with van der Waals surface area (Å²) in [5, 5.41) is 6.55. The van der Waals surface area contributed by atoms with E-state index in [1.165, 1.54) is 19.3 Å². The van der Waals surface area contributed by atoms with Gasteiger partial charge in [-0.25, -0.2) is 9.59 Å². The largest absolute Gasteiger partial charge is 0.373 e. The van der Waals surface area contributed by atoms with Crippen LogP contribution in [0.15, 0.2) is 4.79 Å². The SMILES string of the molecule is Cc1nn(C(=O)NCC2CCCCC2)c(=O)n1N. The second-order valence-corrected chi connectivity index (χ2v) is 4.80. The molecule has 7 nitrogen and oxygen atoms in total. The van der Waals surface area contributed by atoms with Gasteiger partial charge in [-0.3, -0.25) is 0 Å². The molecule has 0 aromatic carbocycles. The lowest BCUT2D eigenvalue weighted by Gasteiger charge is -2.21. The number of nitrogens with two attached hydrogens (primary N) is 1. The molecule has 1 aromatic heterocycles. The molecule has 100 valence electrons. The Morgan fingerprint density at radius 3 is 2.67 bits per heavy atom. The van der Waals surface area contributed by atoms with E-state index < -0.39 is 11.7 Å². The molecule has 1 aliphatic rings. The van der Waals surface area contributed by atoms with Gasteiger partial charge in [0.15, 0.2) is 5.82 Å². The molecule has 7 heteroatoms. The second kappa shape index (κ2) is 5.24. The van der Waals surface area contributed by atoms with Crippen LogP contribution < -0.4 is 16.8 Å². The minimum Gasteiger partial charge on any atom is -0.336 e. The molecule has 1 saturated carbocycles. The van der Waals surface area contributed by atoms with Crippen LogP contribution in [0.3, 0.4) is 0 Å². The van der Waals surface area contributed by atoms with Crippen molar-refractivity contribution >= 4 is 6.03 Å². The van der Waals surface area contributed by atoms with Gasteiger partial charge in [-0.15, -0.1) is 9.78 Å². The summed E-state index contributed by atoms with van der Waals surface area (Å²) >= 11 is 0. The van der Waals surface area contributed by atoms with Crippen molar-refractivity contribution < 1.29 is 4.79 Å². The van der Waals surface area contributed by atoms with Crippen molar-refractivity contribution in [1.82, 2.24) is 19.8 Å². The molecule has 1 amide bonds. The van der Waals surface area contributed by atoms with Gasteiger partial charge in [-0.2, -0.15) is 4.68 Å². The molecule has 18 heavy (non-hydrogen) atoms. The normalized spacial score (nSPS) is 16.7. The van der Waals surface area contributed by atoms with Gasteiger partial charge in [0.05, 0.1) is 0 Å². The lowest BCUT2D eigenvalue weighted by molar-refractivity contribution is 0.234. The molecule has 0 radical (unpaired) electrons. The third-order valence-corrected chi connectivity index (χ3v) is 3.44. The average Bonchev–Trinajstić information content (AvgIpc) is 2.65. The van der Waals surface area contributed by atoms with E-state index in [4.69, 9.17) is 5.84 Å². The van der Waals surface area contributed by atoms with Crippen LogP contribution in [0, 0.1) is 12.8 Å². The first-order chi connectivity index (χ1) is 8.59. The summed E-state index contributed by atoms with van der Waals surface area (Å²) in [4.78, 5) is 23.4. The summed E-state index contributed by atoms with van der Waals surface area (Å²) in [6.45, 7) is 2.17. The van der Waals surface area contributed by atoms with Crippen molar-refractivity contribution in [3.63, 3.8) is 0 Å². The highest BCUT2D eigenvalue weighted by Crippen LogP contribution is 2.22. The van der Waals surface area contributed by atoms with Crippen LogP contribution in [0.1, 0.15) is 37.9 Å². The zero-order valence-corrected chi connectivity index (χ0v) is 10.6. The zero-order valence-electron chi connectivity index (χ0n) is 10.6. The maximum Gasteiger partial charge on any atom is 0.373 e. The molecule has 1 heterocycles. The Balaban J connectivity index is 1.95. The highest BCUT2D eigenvalue weighted by Gasteiger charge is 2.17. The summed E-state index contributed by atoms with van der Waals surface area (Å²) in [6, 6.07) is -0.502. The number of nitrogens with zero attached hydrogens (tertiary/aromatic N) is 3. The van der Waals surface area contributed by atoms with Gasteiger partial charge in [0.25, 0.3) is 0 Å². The molecule has 1 aromatic rings. The topological polar surface area (TPSA) is 94.9 Å². The molecule has 0 spiro atoms. The van der Waals surface area contributed by atoms with Crippen LogP contribution in [-0.2, 0) is 0 Å². The number of rotatable bonds is 2. The number of aryl methyl sites for hydroxylation is 1. The predicted molar refractivity (Wildman–Crippen MR) is 66.7 cm³/mol. The Kier molecular flexibility index (Phi) is 3.69. The first-order valence-corrected chi connectivity index (χ1v) is 6.31. The fourth-order valence-electron chi connectivity index (χ4n) is 2.31. The van der Waals surface area contributed by atoms with Gasteiger partial charge in [-0.1, -0.05) is 19.3 Å². The summed E-state index contributed by atoms with van der Waals surface area (Å²) in [5.41, 5.74) is -0.617. The third kappa shape index (κ3) is 2.55.